The van der Waals surface area contributed by atoms with Crippen molar-refractivity contribution in [1.82, 2.24) is 5.32 Å². The van der Waals surface area contributed by atoms with Crippen LogP contribution < -0.4 is 10.1 Å². The quantitative estimate of drug-likeness (QED) is 0.887. The maximum atomic E-state index is 13.3. The Morgan fingerprint density at radius 2 is 2.00 bits per heavy atom. The largest absolute Gasteiger partial charge is 0.485 e. The second kappa shape index (κ2) is 5.02. The first-order chi connectivity index (χ1) is 9.28. The maximum Gasteiger partial charge on any atom is 0.126 e. The molecule has 3 rings (SSSR count). The highest BCUT2D eigenvalue weighted by Gasteiger charge is 2.28. The van der Waals surface area contributed by atoms with E-state index in [-0.39, 0.29) is 18.0 Å². The van der Waals surface area contributed by atoms with E-state index >= 15 is 0 Å². The van der Waals surface area contributed by atoms with Gasteiger partial charge in [-0.1, -0.05) is 30.3 Å². The van der Waals surface area contributed by atoms with E-state index in [2.05, 4.69) is 11.4 Å². The fourth-order valence-electron chi connectivity index (χ4n) is 2.60. The van der Waals surface area contributed by atoms with Crippen molar-refractivity contribution in [3.05, 3.63) is 65.5 Å². The standard InChI is InChI=1S/C16H16FNO/c1-18-14-10-16(11-5-4-6-12(17)9-11)19-15-8-3-2-7-13(14)15/h2-9,14,16,18H,10H2,1H3. The normalized spacial score (nSPS) is 21.6. The summed E-state index contributed by atoms with van der Waals surface area (Å²) in [7, 11) is 1.94. The van der Waals surface area contributed by atoms with E-state index in [1.54, 1.807) is 12.1 Å². The van der Waals surface area contributed by atoms with E-state index in [1.165, 1.54) is 6.07 Å². The Morgan fingerprint density at radius 3 is 2.79 bits per heavy atom. The number of fused-ring (bicyclic) bond motifs is 1. The van der Waals surface area contributed by atoms with Gasteiger partial charge < -0.3 is 10.1 Å². The van der Waals surface area contributed by atoms with Crippen LogP contribution in [0.5, 0.6) is 5.75 Å². The van der Waals surface area contributed by atoms with Crippen molar-refractivity contribution in [3.8, 4) is 5.75 Å². The van der Waals surface area contributed by atoms with Gasteiger partial charge in [-0.3, -0.25) is 0 Å². The minimum Gasteiger partial charge on any atom is -0.485 e. The Hall–Kier alpha value is -1.87. The van der Waals surface area contributed by atoms with Gasteiger partial charge in [0.15, 0.2) is 0 Å². The van der Waals surface area contributed by atoms with Gasteiger partial charge in [0, 0.05) is 18.0 Å². The van der Waals surface area contributed by atoms with Gasteiger partial charge in [0.1, 0.15) is 17.7 Å². The van der Waals surface area contributed by atoms with Crippen molar-refractivity contribution in [1.29, 1.82) is 0 Å². The molecule has 19 heavy (non-hydrogen) atoms. The molecular formula is C16H16FNO. The second-order valence-electron chi connectivity index (χ2n) is 4.78. The summed E-state index contributed by atoms with van der Waals surface area (Å²) in [6.45, 7) is 0. The van der Waals surface area contributed by atoms with Crippen LogP contribution in [0.25, 0.3) is 0 Å². The third-order valence-electron chi connectivity index (χ3n) is 3.58. The van der Waals surface area contributed by atoms with Crippen molar-refractivity contribution >= 4 is 0 Å². The van der Waals surface area contributed by atoms with Gasteiger partial charge in [0.2, 0.25) is 0 Å². The SMILES string of the molecule is CNC1CC(c2cccc(F)c2)Oc2ccccc21. The molecule has 1 heterocycles. The van der Waals surface area contributed by atoms with Crippen molar-refractivity contribution in [3.63, 3.8) is 0 Å². The Bertz CT molecular complexity index is 584. The molecule has 1 aliphatic rings. The summed E-state index contributed by atoms with van der Waals surface area (Å²) in [5.74, 6) is 0.656. The second-order valence-corrected chi connectivity index (χ2v) is 4.78. The molecule has 0 radical (unpaired) electrons. The maximum absolute atomic E-state index is 13.3. The molecule has 3 heteroatoms. The van der Waals surface area contributed by atoms with Crippen LogP contribution in [0.4, 0.5) is 4.39 Å². The zero-order valence-corrected chi connectivity index (χ0v) is 10.8. The van der Waals surface area contributed by atoms with Crippen LogP contribution in [0.1, 0.15) is 29.7 Å². The third-order valence-corrected chi connectivity index (χ3v) is 3.58. The summed E-state index contributed by atoms with van der Waals surface area (Å²) in [5.41, 5.74) is 2.05. The zero-order valence-electron chi connectivity index (χ0n) is 10.8. The molecule has 1 aliphatic heterocycles. The van der Waals surface area contributed by atoms with Gasteiger partial charge in [-0.25, -0.2) is 4.39 Å². The molecule has 2 nitrogen and oxygen atoms in total. The van der Waals surface area contributed by atoms with E-state index in [0.717, 1.165) is 23.3 Å². The molecule has 0 amide bonds. The van der Waals surface area contributed by atoms with E-state index in [1.807, 2.05) is 31.3 Å². The van der Waals surface area contributed by atoms with Crippen molar-refractivity contribution < 1.29 is 9.13 Å². The third kappa shape index (κ3) is 2.34. The topological polar surface area (TPSA) is 21.3 Å². The van der Waals surface area contributed by atoms with Crippen LogP contribution in [-0.4, -0.2) is 7.05 Å². The summed E-state index contributed by atoms with van der Waals surface area (Å²) in [5, 5.41) is 3.30. The van der Waals surface area contributed by atoms with Crippen molar-refractivity contribution in [2.45, 2.75) is 18.6 Å². The number of halogens is 1. The molecule has 0 bridgehead atoms. The molecule has 2 unspecified atom stereocenters. The zero-order chi connectivity index (χ0) is 13.2. The molecule has 0 fully saturated rings. The summed E-state index contributed by atoms with van der Waals surface area (Å²) in [4.78, 5) is 0. The van der Waals surface area contributed by atoms with Gasteiger partial charge in [0.25, 0.3) is 0 Å². The first-order valence-corrected chi connectivity index (χ1v) is 6.46. The number of hydrogen-bond donors (Lipinski definition) is 1. The molecule has 0 aromatic heterocycles. The highest BCUT2D eigenvalue weighted by atomic mass is 19.1. The fraction of sp³-hybridized carbons (Fsp3) is 0.250. The molecule has 0 saturated carbocycles. The summed E-state index contributed by atoms with van der Waals surface area (Å²) in [6.07, 6.45) is 0.694. The van der Waals surface area contributed by atoms with E-state index in [9.17, 15) is 4.39 Å². The molecule has 0 spiro atoms. The van der Waals surface area contributed by atoms with Crippen molar-refractivity contribution in [2.75, 3.05) is 7.05 Å². The van der Waals surface area contributed by atoms with Gasteiger partial charge in [-0.15, -0.1) is 0 Å². The average molecular weight is 257 g/mol. The minimum absolute atomic E-state index is 0.108. The number of nitrogens with one attached hydrogen (secondary N) is 1. The van der Waals surface area contributed by atoms with Crippen LogP contribution in [0.3, 0.4) is 0 Å². The molecule has 98 valence electrons. The van der Waals surface area contributed by atoms with Gasteiger partial charge in [0.05, 0.1) is 0 Å². The first-order valence-electron chi connectivity index (χ1n) is 6.46. The summed E-state index contributed by atoms with van der Waals surface area (Å²) in [6, 6.07) is 14.9. The Morgan fingerprint density at radius 1 is 1.16 bits per heavy atom. The van der Waals surface area contributed by atoms with Crippen LogP contribution in [-0.2, 0) is 0 Å². The van der Waals surface area contributed by atoms with Crippen molar-refractivity contribution in [2.24, 2.45) is 0 Å². The molecule has 0 saturated heterocycles. The number of ether oxygens (including phenoxy) is 1. The lowest BCUT2D eigenvalue weighted by Gasteiger charge is -2.32. The predicted octanol–water partition coefficient (Wildman–Crippen LogP) is 3.61. The average Bonchev–Trinajstić information content (AvgIpc) is 2.46. The molecular weight excluding hydrogens is 241 g/mol. The monoisotopic (exact) mass is 257 g/mol. The van der Waals surface area contributed by atoms with Gasteiger partial charge in [-0.2, -0.15) is 0 Å². The predicted molar refractivity (Wildman–Crippen MR) is 72.6 cm³/mol. The first kappa shape index (κ1) is 12.2. The van der Waals surface area contributed by atoms with E-state index in [0.29, 0.717) is 0 Å². The van der Waals surface area contributed by atoms with Crippen LogP contribution in [0.15, 0.2) is 48.5 Å². The summed E-state index contributed by atoms with van der Waals surface area (Å²) >= 11 is 0. The molecule has 0 aliphatic carbocycles. The van der Waals surface area contributed by atoms with Crippen LogP contribution in [0.2, 0.25) is 0 Å². The number of hydrogen-bond acceptors (Lipinski definition) is 2. The summed E-state index contributed by atoms with van der Waals surface area (Å²) < 4.78 is 19.3. The Balaban J connectivity index is 1.95. The Kier molecular flexibility index (Phi) is 3.22. The number of rotatable bonds is 2. The highest BCUT2D eigenvalue weighted by Crippen LogP contribution is 2.40. The van der Waals surface area contributed by atoms with E-state index < -0.39 is 0 Å². The van der Waals surface area contributed by atoms with Gasteiger partial charge >= 0.3 is 0 Å². The van der Waals surface area contributed by atoms with Gasteiger partial charge in [-0.05, 0) is 30.8 Å². The van der Waals surface area contributed by atoms with E-state index in [4.69, 9.17) is 4.74 Å². The lowest BCUT2D eigenvalue weighted by Crippen LogP contribution is -2.26. The lowest BCUT2D eigenvalue weighted by molar-refractivity contribution is 0.153. The molecule has 2 atom stereocenters. The minimum atomic E-state index is -0.221. The Labute approximate surface area is 112 Å². The highest BCUT2D eigenvalue weighted by molar-refractivity contribution is 5.39. The molecule has 2 aromatic rings. The fourth-order valence-corrected chi connectivity index (χ4v) is 2.60. The lowest BCUT2D eigenvalue weighted by atomic mass is 9.93. The molecule has 2 aromatic carbocycles. The number of para-hydroxylation sites is 1. The number of benzene rings is 2. The van der Waals surface area contributed by atoms with Crippen LogP contribution >= 0.6 is 0 Å². The van der Waals surface area contributed by atoms with Crippen LogP contribution in [0, 0.1) is 5.82 Å². The smallest absolute Gasteiger partial charge is 0.126 e. The molecule has 1 N–H and O–H groups in total.